The van der Waals surface area contributed by atoms with Gasteiger partial charge in [0.1, 0.15) is 24.1 Å². The first-order chi connectivity index (χ1) is 16.7. The molecule has 1 N–H and O–H groups in total. The lowest BCUT2D eigenvalue weighted by Crippen LogP contribution is -2.30. The Morgan fingerprint density at radius 1 is 1.06 bits per heavy atom. The summed E-state index contributed by atoms with van der Waals surface area (Å²) in [7, 11) is 0. The smallest absolute Gasteiger partial charge is 0.270 e. The number of rotatable bonds is 7. The molecule has 0 saturated carbocycles. The SMILES string of the molecule is CC(NC(=O)/C(=C\c1ccco1)n1nnnc1-c1ccccc1)c1ccc(-n2cncn2)cc1. The maximum atomic E-state index is 13.4. The highest BCUT2D eigenvalue weighted by Crippen LogP contribution is 2.22. The number of furan rings is 1. The molecule has 10 heteroatoms. The summed E-state index contributed by atoms with van der Waals surface area (Å²) in [6.07, 6.45) is 6.26. The first-order valence-electron chi connectivity index (χ1n) is 10.5. The van der Waals surface area contributed by atoms with Crippen LogP contribution in [0.4, 0.5) is 0 Å². The summed E-state index contributed by atoms with van der Waals surface area (Å²) >= 11 is 0. The molecule has 0 saturated heterocycles. The zero-order valence-corrected chi connectivity index (χ0v) is 18.2. The van der Waals surface area contributed by atoms with Gasteiger partial charge >= 0.3 is 0 Å². The van der Waals surface area contributed by atoms with Crippen LogP contribution >= 0.6 is 0 Å². The second-order valence-electron chi connectivity index (χ2n) is 7.45. The number of nitrogens with one attached hydrogen (secondary N) is 1. The van der Waals surface area contributed by atoms with Crippen LogP contribution in [0.25, 0.3) is 28.8 Å². The maximum absolute atomic E-state index is 13.4. The van der Waals surface area contributed by atoms with Gasteiger partial charge < -0.3 is 9.73 Å². The molecule has 0 spiro atoms. The van der Waals surface area contributed by atoms with Gasteiger partial charge in [-0.15, -0.1) is 5.10 Å². The molecule has 5 rings (SSSR count). The largest absolute Gasteiger partial charge is 0.465 e. The van der Waals surface area contributed by atoms with E-state index in [9.17, 15) is 4.79 Å². The number of tetrazole rings is 1. The number of aromatic nitrogens is 7. The van der Waals surface area contributed by atoms with E-state index in [1.54, 1.807) is 35.5 Å². The van der Waals surface area contributed by atoms with Crippen LogP contribution in [0.3, 0.4) is 0 Å². The summed E-state index contributed by atoms with van der Waals surface area (Å²) in [6, 6.07) is 20.4. The Labute approximate surface area is 194 Å². The number of hydrogen-bond donors (Lipinski definition) is 1. The van der Waals surface area contributed by atoms with Crippen molar-refractivity contribution in [3.05, 3.63) is 97.0 Å². The molecule has 3 aromatic heterocycles. The highest BCUT2D eigenvalue weighted by molar-refractivity contribution is 6.18. The Balaban J connectivity index is 1.43. The van der Waals surface area contributed by atoms with E-state index >= 15 is 0 Å². The van der Waals surface area contributed by atoms with E-state index in [1.807, 2.05) is 61.5 Å². The van der Waals surface area contributed by atoms with Crippen molar-refractivity contribution in [2.75, 3.05) is 0 Å². The second kappa shape index (κ2) is 9.33. The number of benzene rings is 2. The number of carbonyl (C=O) groups excluding carboxylic acids is 1. The quantitative estimate of drug-likeness (QED) is 0.376. The van der Waals surface area contributed by atoms with Crippen LogP contribution in [0.2, 0.25) is 0 Å². The van der Waals surface area contributed by atoms with Crippen molar-refractivity contribution in [2.24, 2.45) is 0 Å². The molecule has 1 unspecified atom stereocenters. The minimum absolute atomic E-state index is 0.227. The summed E-state index contributed by atoms with van der Waals surface area (Å²) < 4.78 is 8.52. The van der Waals surface area contributed by atoms with Crippen molar-refractivity contribution in [1.29, 1.82) is 0 Å². The van der Waals surface area contributed by atoms with Crippen LogP contribution in [0.5, 0.6) is 0 Å². The van der Waals surface area contributed by atoms with E-state index in [-0.39, 0.29) is 17.6 Å². The number of carbonyl (C=O) groups is 1. The van der Waals surface area contributed by atoms with Crippen molar-refractivity contribution in [3.63, 3.8) is 0 Å². The Kier molecular flexibility index (Phi) is 5.76. The van der Waals surface area contributed by atoms with E-state index in [2.05, 4.69) is 30.9 Å². The van der Waals surface area contributed by atoms with Gasteiger partial charge in [0.05, 0.1) is 18.0 Å². The van der Waals surface area contributed by atoms with Crippen molar-refractivity contribution < 1.29 is 9.21 Å². The van der Waals surface area contributed by atoms with Crippen LogP contribution in [-0.2, 0) is 4.79 Å². The highest BCUT2D eigenvalue weighted by atomic mass is 16.3. The van der Waals surface area contributed by atoms with Crippen LogP contribution in [-0.4, -0.2) is 40.9 Å². The van der Waals surface area contributed by atoms with Gasteiger partial charge in [-0.25, -0.2) is 9.67 Å². The van der Waals surface area contributed by atoms with Gasteiger partial charge in [0.15, 0.2) is 5.82 Å². The number of nitrogens with zero attached hydrogens (tertiary/aromatic N) is 7. The summed E-state index contributed by atoms with van der Waals surface area (Å²) in [5, 5.41) is 19.2. The average Bonchev–Trinajstić information content (AvgIpc) is 3.66. The molecular formula is C24H20N8O2. The molecule has 1 atom stereocenters. The van der Waals surface area contributed by atoms with Gasteiger partial charge in [0.2, 0.25) is 0 Å². The van der Waals surface area contributed by atoms with E-state index in [0.29, 0.717) is 11.6 Å². The van der Waals surface area contributed by atoms with Crippen molar-refractivity contribution in [2.45, 2.75) is 13.0 Å². The molecule has 34 heavy (non-hydrogen) atoms. The second-order valence-corrected chi connectivity index (χ2v) is 7.45. The maximum Gasteiger partial charge on any atom is 0.270 e. The number of amides is 1. The molecule has 0 bridgehead atoms. The van der Waals surface area contributed by atoms with E-state index in [0.717, 1.165) is 16.8 Å². The van der Waals surface area contributed by atoms with Crippen LogP contribution < -0.4 is 5.32 Å². The third-order valence-electron chi connectivity index (χ3n) is 5.21. The molecule has 168 valence electrons. The molecule has 0 fully saturated rings. The van der Waals surface area contributed by atoms with Gasteiger partial charge in [0.25, 0.3) is 5.91 Å². The van der Waals surface area contributed by atoms with Crippen molar-refractivity contribution in [1.82, 2.24) is 40.3 Å². The fourth-order valence-electron chi connectivity index (χ4n) is 3.46. The van der Waals surface area contributed by atoms with Crippen LogP contribution in [0.15, 0.2) is 90.1 Å². The predicted octanol–water partition coefficient (Wildman–Crippen LogP) is 3.39. The van der Waals surface area contributed by atoms with Crippen molar-refractivity contribution in [3.8, 4) is 17.1 Å². The molecule has 2 aromatic carbocycles. The molecule has 0 radical (unpaired) electrons. The van der Waals surface area contributed by atoms with E-state index in [1.165, 1.54) is 11.0 Å². The Bertz CT molecular complexity index is 1390. The van der Waals surface area contributed by atoms with Crippen molar-refractivity contribution >= 4 is 17.7 Å². The lowest BCUT2D eigenvalue weighted by molar-refractivity contribution is -0.116. The predicted molar refractivity (Wildman–Crippen MR) is 124 cm³/mol. The van der Waals surface area contributed by atoms with E-state index in [4.69, 9.17) is 4.42 Å². The molecule has 0 aliphatic heterocycles. The minimum atomic E-state index is -0.353. The Morgan fingerprint density at radius 2 is 1.88 bits per heavy atom. The Morgan fingerprint density at radius 3 is 2.59 bits per heavy atom. The van der Waals surface area contributed by atoms with Crippen LogP contribution in [0, 0.1) is 0 Å². The topological polar surface area (TPSA) is 117 Å². The standard InChI is InChI=1S/C24H20N8O2/c1-17(18-9-11-20(12-10-18)31-16-25-15-26-31)27-24(33)22(14-21-8-5-13-34-21)32-23(28-29-30-32)19-6-3-2-4-7-19/h2-17H,1H3,(H,27,33)/b22-14+. The first kappa shape index (κ1) is 21.0. The fourth-order valence-corrected chi connectivity index (χ4v) is 3.46. The molecule has 10 nitrogen and oxygen atoms in total. The molecule has 3 heterocycles. The normalized spacial score (nSPS) is 12.4. The summed E-state index contributed by atoms with van der Waals surface area (Å²) in [5.74, 6) is 0.594. The Hall–Kier alpha value is -4.86. The summed E-state index contributed by atoms with van der Waals surface area (Å²) in [6.45, 7) is 1.91. The first-order valence-corrected chi connectivity index (χ1v) is 10.5. The molecular weight excluding hydrogens is 432 g/mol. The monoisotopic (exact) mass is 452 g/mol. The summed E-state index contributed by atoms with van der Waals surface area (Å²) in [5.41, 5.74) is 2.81. The van der Waals surface area contributed by atoms with Gasteiger partial charge in [-0.05, 0) is 47.2 Å². The van der Waals surface area contributed by atoms with Gasteiger partial charge in [-0.3, -0.25) is 4.79 Å². The molecule has 1 amide bonds. The third kappa shape index (κ3) is 4.37. The average molecular weight is 452 g/mol. The van der Waals surface area contributed by atoms with Crippen LogP contribution in [0.1, 0.15) is 24.3 Å². The highest BCUT2D eigenvalue weighted by Gasteiger charge is 2.21. The fraction of sp³-hybridized carbons (Fsp3) is 0.0833. The summed E-state index contributed by atoms with van der Waals surface area (Å²) in [4.78, 5) is 17.4. The minimum Gasteiger partial charge on any atom is -0.465 e. The zero-order valence-electron chi connectivity index (χ0n) is 18.2. The third-order valence-corrected chi connectivity index (χ3v) is 5.21. The molecule has 0 aliphatic rings. The van der Waals surface area contributed by atoms with Gasteiger partial charge in [-0.1, -0.05) is 42.5 Å². The van der Waals surface area contributed by atoms with Gasteiger partial charge in [-0.2, -0.15) is 9.78 Å². The number of hydrogen-bond acceptors (Lipinski definition) is 7. The van der Waals surface area contributed by atoms with Gasteiger partial charge in [0, 0.05) is 11.6 Å². The van der Waals surface area contributed by atoms with E-state index < -0.39 is 0 Å². The zero-order chi connectivity index (χ0) is 23.3. The molecule has 0 aliphatic carbocycles. The molecule has 5 aromatic rings. The lowest BCUT2D eigenvalue weighted by Gasteiger charge is -2.17. The lowest BCUT2D eigenvalue weighted by atomic mass is 10.1.